The third-order valence-corrected chi connectivity index (χ3v) is 6.18. The zero-order valence-corrected chi connectivity index (χ0v) is 19.9. The van der Waals surface area contributed by atoms with Gasteiger partial charge in [-0.2, -0.15) is 0 Å². The average molecular weight is 463 g/mol. The number of rotatable bonds is 11. The second-order valence-electron chi connectivity index (χ2n) is 6.96. The van der Waals surface area contributed by atoms with E-state index in [9.17, 15) is 13.2 Å². The molecule has 0 fully saturated rings. The number of nitrogens with one attached hydrogen (secondary N) is 1. The van der Waals surface area contributed by atoms with Crippen molar-refractivity contribution in [3.8, 4) is 17.2 Å². The van der Waals surface area contributed by atoms with Crippen LogP contribution in [0.25, 0.3) is 6.08 Å². The normalized spacial score (nSPS) is 11.6. The highest BCUT2D eigenvalue weighted by atomic mass is 32.2. The van der Waals surface area contributed by atoms with E-state index in [1.807, 2.05) is 13.0 Å². The second-order valence-corrected chi connectivity index (χ2v) is 9.08. The molecule has 0 radical (unpaired) electrons. The number of nitrogens with zero attached hydrogens (tertiary/aromatic N) is 1. The van der Waals surface area contributed by atoms with Crippen molar-refractivity contribution in [2.24, 2.45) is 0 Å². The summed E-state index contributed by atoms with van der Waals surface area (Å²) >= 11 is 0. The summed E-state index contributed by atoms with van der Waals surface area (Å²) in [5.41, 5.74) is 1.09. The molecule has 0 aromatic heterocycles. The summed E-state index contributed by atoms with van der Waals surface area (Å²) in [4.78, 5) is 12.4. The van der Waals surface area contributed by atoms with Crippen molar-refractivity contribution in [3.05, 3.63) is 48.0 Å². The van der Waals surface area contributed by atoms with Crippen molar-refractivity contribution < 1.29 is 27.4 Å². The fraction of sp³-hybridized carbons (Fsp3) is 0.348. The van der Waals surface area contributed by atoms with Crippen molar-refractivity contribution in [1.29, 1.82) is 0 Å². The quantitative estimate of drug-likeness (QED) is 0.511. The van der Waals surface area contributed by atoms with Gasteiger partial charge in [-0.05, 0) is 55.3 Å². The molecule has 1 N–H and O–H groups in total. The fourth-order valence-corrected chi connectivity index (χ4v) is 3.78. The van der Waals surface area contributed by atoms with Crippen LogP contribution in [0.3, 0.4) is 0 Å². The van der Waals surface area contributed by atoms with Gasteiger partial charge in [-0.15, -0.1) is 0 Å². The molecule has 174 valence electrons. The molecule has 9 heteroatoms. The lowest BCUT2D eigenvalue weighted by atomic mass is 10.2. The highest BCUT2D eigenvalue weighted by molar-refractivity contribution is 7.89. The van der Waals surface area contributed by atoms with Gasteiger partial charge in [0.1, 0.15) is 10.6 Å². The van der Waals surface area contributed by atoms with E-state index < -0.39 is 15.9 Å². The zero-order chi connectivity index (χ0) is 23.7. The van der Waals surface area contributed by atoms with Crippen molar-refractivity contribution in [2.45, 2.75) is 25.2 Å². The van der Waals surface area contributed by atoms with Crippen molar-refractivity contribution >= 4 is 27.7 Å². The highest BCUT2D eigenvalue weighted by Gasteiger charge is 2.23. The molecule has 1 amide bonds. The Morgan fingerprint density at radius 3 is 2.38 bits per heavy atom. The molecule has 0 saturated carbocycles. The first-order valence-electron chi connectivity index (χ1n) is 10.2. The lowest BCUT2D eigenvalue weighted by Gasteiger charge is -2.16. The number of methoxy groups -OCH3 is 1. The number of hydrogen-bond acceptors (Lipinski definition) is 6. The second kappa shape index (κ2) is 11.5. The van der Waals surface area contributed by atoms with E-state index in [2.05, 4.69) is 5.32 Å². The Morgan fingerprint density at radius 2 is 1.75 bits per heavy atom. The summed E-state index contributed by atoms with van der Waals surface area (Å²) in [5, 5.41) is 2.68. The van der Waals surface area contributed by atoms with Gasteiger partial charge in [-0.25, -0.2) is 12.7 Å². The van der Waals surface area contributed by atoms with Gasteiger partial charge in [-0.3, -0.25) is 4.79 Å². The van der Waals surface area contributed by atoms with E-state index in [0.29, 0.717) is 30.4 Å². The number of benzene rings is 2. The third kappa shape index (κ3) is 6.48. The summed E-state index contributed by atoms with van der Waals surface area (Å²) < 4.78 is 42.8. The molecule has 0 saturated heterocycles. The molecule has 0 heterocycles. The minimum absolute atomic E-state index is 0.0152. The Morgan fingerprint density at radius 1 is 1.03 bits per heavy atom. The Balaban J connectivity index is 2.20. The van der Waals surface area contributed by atoms with Gasteiger partial charge in [0, 0.05) is 25.9 Å². The summed E-state index contributed by atoms with van der Waals surface area (Å²) in [7, 11) is 0.679. The molecule has 2 aromatic rings. The predicted molar refractivity (Wildman–Crippen MR) is 125 cm³/mol. The van der Waals surface area contributed by atoms with E-state index in [4.69, 9.17) is 14.2 Å². The van der Waals surface area contributed by atoms with Crippen molar-refractivity contribution in [2.75, 3.05) is 39.7 Å². The van der Waals surface area contributed by atoms with E-state index in [1.54, 1.807) is 38.3 Å². The highest BCUT2D eigenvalue weighted by Crippen LogP contribution is 2.30. The van der Waals surface area contributed by atoms with Crippen LogP contribution in [-0.4, -0.2) is 53.0 Å². The smallest absolute Gasteiger partial charge is 0.248 e. The number of amides is 1. The van der Waals surface area contributed by atoms with Crippen LogP contribution in [0.15, 0.2) is 47.4 Å². The monoisotopic (exact) mass is 462 g/mol. The lowest BCUT2D eigenvalue weighted by Crippen LogP contribution is -2.23. The summed E-state index contributed by atoms with van der Waals surface area (Å²) in [5.74, 6) is 1.03. The maximum absolute atomic E-state index is 12.6. The summed E-state index contributed by atoms with van der Waals surface area (Å²) in [6.45, 7) is 4.69. The molecular weight excluding hydrogens is 432 g/mol. The molecule has 2 aromatic carbocycles. The van der Waals surface area contributed by atoms with Gasteiger partial charge in [-0.1, -0.05) is 13.0 Å². The van der Waals surface area contributed by atoms with Crippen LogP contribution in [0.2, 0.25) is 0 Å². The summed E-state index contributed by atoms with van der Waals surface area (Å²) in [6.07, 6.45) is 3.87. The van der Waals surface area contributed by atoms with Crippen LogP contribution in [-0.2, 0) is 14.8 Å². The minimum Gasteiger partial charge on any atom is -0.493 e. The first kappa shape index (κ1) is 25.2. The Kier molecular flexibility index (Phi) is 9.10. The van der Waals surface area contributed by atoms with Crippen LogP contribution in [0.5, 0.6) is 17.2 Å². The fourth-order valence-electron chi connectivity index (χ4n) is 2.73. The number of ether oxygens (including phenoxy) is 3. The third-order valence-electron chi connectivity index (χ3n) is 4.35. The molecule has 0 aliphatic carbocycles. The van der Waals surface area contributed by atoms with Crippen LogP contribution in [0, 0.1) is 0 Å². The Labute approximate surface area is 189 Å². The largest absolute Gasteiger partial charge is 0.493 e. The van der Waals surface area contributed by atoms with Gasteiger partial charge >= 0.3 is 0 Å². The first-order valence-corrected chi connectivity index (χ1v) is 11.7. The summed E-state index contributed by atoms with van der Waals surface area (Å²) in [6, 6.07) is 9.88. The van der Waals surface area contributed by atoms with Gasteiger partial charge in [0.2, 0.25) is 15.9 Å². The topological polar surface area (TPSA) is 94.2 Å². The number of hydrogen-bond donors (Lipinski definition) is 1. The van der Waals surface area contributed by atoms with E-state index in [-0.39, 0.29) is 10.6 Å². The zero-order valence-electron chi connectivity index (χ0n) is 19.0. The van der Waals surface area contributed by atoms with Gasteiger partial charge in [0.15, 0.2) is 11.5 Å². The van der Waals surface area contributed by atoms with Crippen LogP contribution in [0.4, 0.5) is 5.69 Å². The molecule has 0 aliphatic heterocycles. The van der Waals surface area contributed by atoms with Gasteiger partial charge in [0.05, 0.1) is 20.3 Å². The molecule has 32 heavy (non-hydrogen) atoms. The standard InChI is InChI=1S/C23H30N2O6S/c1-6-14-31-19-11-8-17(15-21(19)29-5)9-13-23(26)24-18-10-12-20(30-7-2)22(16-18)32(27,28)25(3)4/h8-13,15-16H,6-7,14H2,1-5H3,(H,24,26)/b13-9+. The van der Waals surface area contributed by atoms with Crippen molar-refractivity contribution in [3.63, 3.8) is 0 Å². The Hall–Kier alpha value is -3.04. The minimum atomic E-state index is -3.75. The SMILES string of the molecule is CCCOc1ccc(/C=C/C(=O)Nc2ccc(OCC)c(S(=O)(=O)N(C)C)c2)cc1OC. The molecule has 8 nitrogen and oxygen atoms in total. The molecule has 0 bridgehead atoms. The number of sulfonamides is 1. The predicted octanol–water partition coefficient (Wildman–Crippen LogP) is 3.78. The molecular formula is C23H30N2O6S. The van der Waals surface area contributed by atoms with Gasteiger partial charge in [0.25, 0.3) is 0 Å². The Bertz CT molecular complexity index is 1060. The van der Waals surface area contributed by atoms with E-state index in [0.717, 1.165) is 16.3 Å². The van der Waals surface area contributed by atoms with Crippen molar-refractivity contribution in [1.82, 2.24) is 4.31 Å². The molecule has 0 unspecified atom stereocenters. The number of anilines is 1. The van der Waals surface area contributed by atoms with E-state index >= 15 is 0 Å². The maximum Gasteiger partial charge on any atom is 0.248 e. The van der Waals surface area contributed by atoms with Crippen LogP contribution in [0.1, 0.15) is 25.8 Å². The number of carbonyl (C=O) groups excluding carboxylic acids is 1. The van der Waals surface area contributed by atoms with Gasteiger partial charge < -0.3 is 19.5 Å². The molecule has 0 atom stereocenters. The first-order chi connectivity index (χ1) is 15.2. The lowest BCUT2D eigenvalue weighted by molar-refractivity contribution is -0.111. The van der Waals surface area contributed by atoms with E-state index in [1.165, 1.54) is 32.3 Å². The average Bonchev–Trinajstić information content (AvgIpc) is 2.77. The van der Waals surface area contributed by atoms with Crippen LogP contribution >= 0.6 is 0 Å². The number of carbonyl (C=O) groups is 1. The molecule has 0 spiro atoms. The molecule has 2 rings (SSSR count). The maximum atomic E-state index is 12.6. The van der Waals surface area contributed by atoms with Crippen LogP contribution < -0.4 is 19.5 Å². The molecule has 0 aliphatic rings.